The Morgan fingerprint density at radius 1 is 0.971 bits per heavy atom. The summed E-state index contributed by atoms with van der Waals surface area (Å²) in [4.78, 5) is 27.1. The van der Waals surface area contributed by atoms with Gasteiger partial charge in [0.05, 0.1) is 12.7 Å². The fourth-order valence-corrected chi connectivity index (χ4v) is 15.9. The van der Waals surface area contributed by atoms with Crippen molar-refractivity contribution < 1.29 is 13.6 Å². The van der Waals surface area contributed by atoms with Gasteiger partial charge in [0.1, 0.15) is 12.3 Å². The van der Waals surface area contributed by atoms with Crippen molar-refractivity contribution in [3.63, 3.8) is 0 Å². The number of hydrogen-bond acceptors (Lipinski definition) is 5. The molecule has 9 heteroatoms. The highest BCUT2D eigenvalue weighted by Gasteiger charge is 2.54. The van der Waals surface area contributed by atoms with Crippen molar-refractivity contribution >= 4 is 16.6 Å². The second-order valence-corrected chi connectivity index (χ2v) is 22.7. The number of H-pyrrole nitrogens is 1. The third kappa shape index (κ3) is 5.21. The Bertz CT molecular complexity index is 1010. The maximum absolute atomic E-state index is 12.7. The maximum Gasteiger partial charge on any atom is 0.330 e. The van der Waals surface area contributed by atoms with Crippen LogP contribution in [0.1, 0.15) is 85.4 Å². The predicted molar refractivity (Wildman–Crippen MR) is 144 cm³/mol. The van der Waals surface area contributed by atoms with Gasteiger partial charge in [-0.25, -0.2) is 4.79 Å². The molecular formula is C26H46N2O5Si2. The molecule has 0 amide bonds. The van der Waals surface area contributed by atoms with E-state index in [0.717, 1.165) is 0 Å². The molecule has 1 aromatic heterocycles. The van der Waals surface area contributed by atoms with Gasteiger partial charge in [0, 0.05) is 18.2 Å². The van der Waals surface area contributed by atoms with E-state index in [2.05, 4.69) is 46.5 Å². The van der Waals surface area contributed by atoms with Crippen molar-refractivity contribution in [2.75, 3.05) is 6.61 Å². The van der Waals surface area contributed by atoms with Gasteiger partial charge in [0.25, 0.3) is 5.56 Å². The van der Waals surface area contributed by atoms with Crippen LogP contribution in [0.15, 0.2) is 15.8 Å². The van der Waals surface area contributed by atoms with Gasteiger partial charge in [0.2, 0.25) is 0 Å². The van der Waals surface area contributed by atoms with Crippen LogP contribution in [0, 0.1) is 6.92 Å². The number of hydrogen-bond donors (Lipinski definition) is 1. The predicted octanol–water partition coefficient (Wildman–Crippen LogP) is 5.61. The number of aromatic amines is 1. The van der Waals surface area contributed by atoms with E-state index in [1.54, 1.807) is 17.7 Å². The van der Waals surface area contributed by atoms with Crippen LogP contribution in [0.25, 0.3) is 0 Å². The zero-order chi connectivity index (χ0) is 25.6. The molecule has 1 N–H and O–H groups in total. The minimum Gasteiger partial charge on any atom is -0.414 e. The average Bonchev–Trinajstić information content (AvgIpc) is 3.49. The lowest BCUT2D eigenvalue weighted by Crippen LogP contribution is -2.51. The molecule has 1 unspecified atom stereocenters. The number of nitrogens with zero attached hydrogens (tertiary/aromatic N) is 1. The summed E-state index contributed by atoms with van der Waals surface area (Å²) in [5.41, 5.74) is -0.265. The zero-order valence-electron chi connectivity index (χ0n) is 22.9. The highest BCUT2D eigenvalue weighted by Crippen LogP contribution is 2.51. The highest BCUT2D eigenvalue weighted by atomic mass is 28.4. The normalized spacial score (nSPS) is 28.6. The number of ether oxygens (including phenoxy) is 1. The van der Waals surface area contributed by atoms with Crippen LogP contribution in [0.5, 0.6) is 0 Å². The highest BCUT2D eigenvalue weighted by molar-refractivity contribution is 6.77. The molecule has 4 rings (SSSR count). The standard InChI is InChI=1S/C26H46N2O5Si2/c1-19-17-28(24(30)27-23(19)29)22-16-20(33-35(26(5,6)7)14-10-11-15-35)21(32-22)18-31-34(25(2,3)4)12-8-9-13-34/h17,20-22H,8-16,18H2,1-7H3,(H,27,29,30)/t20-,21+,22?/m1/s1. The molecule has 3 aliphatic heterocycles. The Balaban J connectivity index is 1.61. The van der Waals surface area contributed by atoms with Gasteiger partial charge in [-0.15, -0.1) is 0 Å². The maximum atomic E-state index is 12.7. The van der Waals surface area contributed by atoms with Crippen LogP contribution in [-0.4, -0.2) is 45.0 Å². The van der Waals surface area contributed by atoms with Crippen LogP contribution in [0.2, 0.25) is 34.3 Å². The molecule has 7 nitrogen and oxygen atoms in total. The second-order valence-electron chi connectivity index (χ2n) is 13.2. The summed E-state index contributed by atoms with van der Waals surface area (Å²) >= 11 is 0. The first-order chi connectivity index (χ1) is 16.3. The first-order valence-electron chi connectivity index (χ1n) is 13.6. The van der Waals surface area contributed by atoms with E-state index in [9.17, 15) is 9.59 Å². The summed E-state index contributed by atoms with van der Waals surface area (Å²) in [6.45, 7) is 16.2. The lowest BCUT2D eigenvalue weighted by molar-refractivity contribution is -0.0418. The molecule has 3 aliphatic rings. The molecule has 35 heavy (non-hydrogen) atoms. The van der Waals surface area contributed by atoms with E-state index in [0.29, 0.717) is 18.6 Å². The molecule has 1 aromatic rings. The first-order valence-corrected chi connectivity index (χ1v) is 18.2. The summed E-state index contributed by atoms with van der Waals surface area (Å²) in [6.07, 6.45) is 6.44. The monoisotopic (exact) mass is 522 g/mol. The van der Waals surface area contributed by atoms with Gasteiger partial charge >= 0.3 is 5.69 Å². The van der Waals surface area contributed by atoms with Crippen LogP contribution < -0.4 is 11.2 Å². The topological polar surface area (TPSA) is 82.6 Å². The fourth-order valence-electron chi connectivity index (χ4n) is 6.52. The van der Waals surface area contributed by atoms with Gasteiger partial charge in [0.15, 0.2) is 16.6 Å². The molecule has 0 bridgehead atoms. The minimum absolute atomic E-state index is 0.101. The van der Waals surface area contributed by atoms with Crippen LogP contribution in [-0.2, 0) is 13.6 Å². The quantitative estimate of drug-likeness (QED) is 0.491. The third-order valence-corrected chi connectivity index (χ3v) is 20.7. The molecule has 3 saturated heterocycles. The van der Waals surface area contributed by atoms with E-state index in [-0.39, 0.29) is 27.8 Å². The molecule has 0 saturated carbocycles. The Labute approximate surface area is 212 Å². The molecular weight excluding hydrogens is 476 g/mol. The Morgan fingerprint density at radius 2 is 1.51 bits per heavy atom. The summed E-state index contributed by atoms with van der Waals surface area (Å²) in [5, 5.41) is 0.322. The lowest BCUT2D eigenvalue weighted by atomic mass is 10.2. The van der Waals surface area contributed by atoms with Gasteiger partial charge in [-0.05, 0) is 41.2 Å². The number of aromatic nitrogens is 2. The van der Waals surface area contributed by atoms with E-state index in [4.69, 9.17) is 13.6 Å². The molecule has 3 fully saturated rings. The first kappa shape index (κ1) is 27.0. The second kappa shape index (κ2) is 9.70. The molecule has 0 aromatic carbocycles. The number of aryl methyl sites for hydroxylation is 1. The Hall–Kier alpha value is -1.01. The van der Waals surface area contributed by atoms with E-state index in [1.807, 2.05) is 0 Å². The Kier molecular flexibility index (Phi) is 7.50. The molecule has 0 spiro atoms. The summed E-state index contributed by atoms with van der Waals surface area (Å²) < 4.78 is 22.2. The van der Waals surface area contributed by atoms with E-state index in [1.165, 1.54) is 49.9 Å². The SMILES string of the molecule is Cc1cn(C2C[C@@H](O[Si]3(C(C)(C)C)CCCC3)[C@H](CO[Si]3(C(C)(C)C)CCCC3)O2)c(=O)[nH]c1=O. The van der Waals surface area contributed by atoms with Crippen LogP contribution in [0.4, 0.5) is 0 Å². The molecule has 198 valence electrons. The molecule has 4 heterocycles. The lowest BCUT2D eigenvalue weighted by Gasteiger charge is -2.43. The van der Waals surface area contributed by atoms with Crippen molar-refractivity contribution in [1.29, 1.82) is 0 Å². The smallest absolute Gasteiger partial charge is 0.330 e. The fraction of sp³-hybridized carbons (Fsp3) is 0.846. The van der Waals surface area contributed by atoms with Gasteiger partial charge in [-0.2, -0.15) is 0 Å². The molecule has 3 atom stereocenters. The van der Waals surface area contributed by atoms with Crippen molar-refractivity contribution in [2.45, 2.75) is 133 Å². The average molecular weight is 523 g/mol. The van der Waals surface area contributed by atoms with Crippen molar-refractivity contribution in [3.8, 4) is 0 Å². The summed E-state index contributed by atoms with van der Waals surface area (Å²) in [5.74, 6) is 0. The van der Waals surface area contributed by atoms with E-state index >= 15 is 0 Å². The van der Waals surface area contributed by atoms with Crippen molar-refractivity contribution in [3.05, 3.63) is 32.6 Å². The van der Waals surface area contributed by atoms with Crippen molar-refractivity contribution in [2.24, 2.45) is 0 Å². The van der Waals surface area contributed by atoms with Crippen LogP contribution >= 0.6 is 0 Å². The van der Waals surface area contributed by atoms with Crippen LogP contribution in [0.3, 0.4) is 0 Å². The number of rotatable bonds is 6. The van der Waals surface area contributed by atoms with Crippen molar-refractivity contribution in [1.82, 2.24) is 9.55 Å². The molecule has 0 radical (unpaired) electrons. The third-order valence-electron chi connectivity index (χ3n) is 9.09. The summed E-state index contributed by atoms with van der Waals surface area (Å²) in [7, 11) is -3.89. The van der Waals surface area contributed by atoms with E-state index < -0.39 is 28.6 Å². The largest absolute Gasteiger partial charge is 0.414 e. The molecule has 0 aliphatic carbocycles. The summed E-state index contributed by atoms with van der Waals surface area (Å²) in [6, 6.07) is 4.78. The Morgan fingerprint density at radius 3 is 2.06 bits per heavy atom. The zero-order valence-corrected chi connectivity index (χ0v) is 24.9. The number of nitrogens with one attached hydrogen (secondary N) is 1. The van der Waals surface area contributed by atoms with Gasteiger partial charge in [-0.3, -0.25) is 14.3 Å². The minimum atomic E-state index is -1.99. The van der Waals surface area contributed by atoms with Gasteiger partial charge < -0.3 is 13.6 Å². The van der Waals surface area contributed by atoms with Gasteiger partial charge in [-0.1, -0.05) is 67.2 Å².